The van der Waals surface area contributed by atoms with Crippen LogP contribution in [0.2, 0.25) is 0 Å². The highest BCUT2D eigenvalue weighted by molar-refractivity contribution is 8.13. The number of fused-ring (bicyclic) bond motifs is 1. The molecule has 0 saturated heterocycles. The molecule has 2 aromatic carbocycles. The third kappa shape index (κ3) is 3.20. The lowest BCUT2D eigenvalue weighted by molar-refractivity contribution is -0.109. The number of aryl methyl sites for hydroxylation is 1. The molecule has 0 aliphatic carbocycles. The maximum absolute atomic E-state index is 10.9. The maximum Gasteiger partial charge on any atom is 0.185 e. The Hall–Kier alpha value is -1.36. The van der Waals surface area contributed by atoms with Crippen molar-refractivity contribution in [2.24, 2.45) is 0 Å². The SMILES string of the molecule is CC(=O)SCC(O)C(O)c1ccc(C)c2ccccc12. The lowest BCUT2D eigenvalue weighted by Crippen LogP contribution is -2.21. The van der Waals surface area contributed by atoms with Crippen LogP contribution in [0.4, 0.5) is 0 Å². The standard InChI is InChI=1S/C16H18O3S/c1-10-7-8-14(13-6-4-3-5-12(10)13)16(19)15(18)9-20-11(2)17/h3-8,15-16,18-19H,9H2,1-2H3. The molecule has 0 spiro atoms. The molecule has 3 nitrogen and oxygen atoms in total. The van der Waals surface area contributed by atoms with Gasteiger partial charge < -0.3 is 10.2 Å². The number of hydrogen-bond donors (Lipinski definition) is 2. The average molecular weight is 290 g/mol. The summed E-state index contributed by atoms with van der Waals surface area (Å²) in [5.41, 5.74) is 1.83. The van der Waals surface area contributed by atoms with Gasteiger partial charge in [0.1, 0.15) is 6.10 Å². The normalized spacial score (nSPS) is 14.2. The highest BCUT2D eigenvalue weighted by Crippen LogP contribution is 2.29. The molecule has 0 radical (unpaired) electrons. The highest BCUT2D eigenvalue weighted by Gasteiger charge is 2.21. The molecule has 0 bridgehead atoms. The Balaban J connectivity index is 2.32. The molecule has 4 heteroatoms. The number of rotatable bonds is 4. The number of benzene rings is 2. The van der Waals surface area contributed by atoms with Gasteiger partial charge >= 0.3 is 0 Å². The highest BCUT2D eigenvalue weighted by atomic mass is 32.2. The van der Waals surface area contributed by atoms with Gasteiger partial charge in [0.2, 0.25) is 0 Å². The maximum atomic E-state index is 10.9. The summed E-state index contributed by atoms with van der Waals surface area (Å²) in [6.45, 7) is 3.46. The van der Waals surface area contributed by atoms with Crippen molar-refractivity contribution in [3.63, 3.8) is 0 Å². The van der Waals surface area contributed by atoms with Crippen molar-refractivity contribution in [1.29, 1.82) is 0 Å². The van der Waals surface area contributed by atoms with Crippen LogP contribution in [-0.4, -0.2) is 27.2 Å². The molecule has 106 valence electrons. The second-order valence-electron chi connectivity index (χ2n) is 4.83. The van der Waals surface area contributed by atoms with E-state index in [1.807, 2.05) is 43.3 Å². The van der Waals surface area contributed by atoms with Gasteiger partial charge in [0, 0.05) is 12.7 Å². The van der Waals surface area contributed by atoms with E-state index in [1.165, 1.54) is 6.92 Å². The second-order valence-corrected chi connectivity index (χ2v) is 6.03. The monoisotopic (exact) mass is 290 g/mol. The van der Waals surface area contributed by atoms with Gasteiger partial charge in [-0.2, -0.15) is 0 Å². The van der Waals surface area contributed by atoms with E-state index in [1.54, 1.807) is 0 Å². The van der Waals surface area contributed by atoms with Crippen molar-refractivity contribution in [2.45, 2.75) is 26.1 Å². The first kappa shape index (κ1) is 15.0. The van der Waals surface area contributed by atoms with Crippen molar-refractivity contribution in [1.82, 2.24) is 0 Å². The summed E-state index contributed by atoms with van der Waals surface area (Å²) in [4.78, 5) is 10.9. The Labute approximate surface area is 122 Å². The van der Waals surface area contributed by atoms with Crippen LogP contribution >= 0.6 is 11.8 Å². The molecular formula is C16H18O3S. The first-order valence-electron chi connectivity index (χ1n) is 6.48. The fourth-order valence-electron chi connectivity index (χ4n) is 2.23. The Morgan fingerprint density at radius 2 is 1.80 bits per heavy atom. The zero-order chi connectivity index (χ0) is 14.7. The van der Waals surface area contributed by atoms with E-state index in [0.29, 0.717) is 5.56 Å². The average Bonchev–Trinajstić information content (AvgIpc) is 2.44. The minimum atomic E-state index is -0.993. The molecule has 2 atom stereocenters. The molecule has 0 heterocycles. The van der Waals surface area contributed by atoms with Crippen LogP contribution in [0, 0.1) is 6.92 Å². The van der Waals surface area contributed by atoms with Crippen molar-refractivity contribution < 1.29 is 15.0 Å². The quantitative estimate of drug-likeness (QED) is 0.909. The van der Waals surface area contributed by atoms with Crippen LogP contribution in [0.15, 0.2) is 36.4 Å². The van der Waals surface area contributed by atoms with E-state index in [0.717, 1.165) is 28.1 Å². The Kier molecular flexibility index (Phi) is 4.81. The minimum absolute atomic E-state index is 0.0648. The van der Waals surface area contributed by atoms with E-state index in [9.17, 15) is 15.0 Å². The summed E-state index contributed by atoms with van der Waals surface area (Å²) < 4.78 is 0. The Bertz CT molecular complexity index is 624. The van der Waals surface area contributed by atoms with Crippen molar-refractivity contribution in [3.8, 4) is 0 Å². The van der Waals surface area contributed by atoms with Crippen LogP contribution in [0.25, 0.3) is 10.8 Å². The van der Waals surface area contributed by atoms with Gasteiger partial charge in [-0.3, -0.25) is 4.79 Å². The molecule has 20 heavy (non-hydrogen) atoms. The Morgan fingerprint density at radius 1 is 1.15 bits per heavy atom. The molecule has 0 saturated carbocycles. The lowest BCUT2D eigenvalue weighted by atomic mass is 9.95. The topological polar surface area (TPSA) is 57.5 Å². The predicted octanol–water partition coefficient (Wildman–Crippen LogP) is 2.82. The number of carbonyl (C=O) groups is 1. The van der Waals surface area contributed by atoms with E-state index in [4.69, 9.17) is 0 Å². The minimum Gasteiger partial charge on any atom is -0.389 e. The fourth-order valence-corrected chi connectivity index (χ4v) is 2.82. The molecule has 0 aliphatic heterocycles. The molecule has 2 rings (SSSR count). The zero-order valence-corrected chi connectivity index (χ0v) is 12.4. The van der Waals surface area contributed by atoms with Crippen molar-refractivity contribution in [2.75, 3.05) is 5.75 Å². The Morgan fingerprint density at radius 3 is 2.45 bits per heavy atom. The van der Waals surface area contributed by atoms with Gasteiger partial charge in [0.05, 0.1) is 6.10 Å². The summed E-state index contributed by atoms with van der Waals surface area (Å²) >= 11 is 1.02. The predicted molar refractivity (Wildman–Crippen MR) is 82.8 cm³/mol. The van der Waals surface area contributed by atoms with Crippen LogP contribution in [0.5, 0.6) is 0 Å². The van der Waals surface area contributed by atoms with Gasteiger partial charge in [-0.05, 0) is 28.8 Å². The van der Waals surface area contributed by atoms with Gasteiger partial charge in [-0.15, -0.1) is 0 Å². The summed E-state index contributed by atoms with van der Waals surface area (Å²) in [5, 5.41) is 22.3. The van der Waals surface area contributed by atoms with E-state index in [-0.39, 0.29) is 10.9 Å². The largest absolute Gasteiger partial charge is 0.389 e. The number of hydrogen-bond acceptors (Lipinski definition) is 4. The van der Waals surface area contributed by atoms with E-state index >= 15 is 0 Å². The molecular weight excluding hydrogens is 272 g/mol. The number of thioether (sulfide) groups is 1. The van der Waals surface area contributed by atoms with Crippen LogP contribution in [-0.2, 0) is 4.79 Å². The molecule has 0 fully saturated rings. The molecule has 2 aromatic rings. The van der Waals surface area contributed by atoms with Gasteiger partial charge in [0.15, 0.2) is 5.12 Å². The van der Waals surface area contributed by atoms with Crippen LogP contribution < -0.4 is 0 Å². The van der Waals surface area contributed by atoms with Gasteiger partial charge in [0.25, 0.3) is 0 Å². The summed E-state index contributed by atoms with van der Waals surface area (Å²) in [7, 11) is 0. The first-order valence-corrected chi connectivity index (χ1v) is 7.47. The second kappa shape index (κ2) is 6.39. The number of aliphatic hydroxyl groups is 2. The molecule has 0 aromatic heterocycles. The smallest absolute Gasteiger partial charge is 0.185 e. The van der Waals surface area contributed by atoms with Crippen LogP contribution in [0.3, 0.4) is 0 Å². The molecule has 2 N–H and O–H groups in total. The van der Waals surface area contributed by atoms with E-state index < -0.39 is 12.2 Å². The number of aliphatic hydroxyl groups excluding tert-OH is 2. The third-order valence-electron chi connectivity index (χ3n) is 3.32. The lowest BCUT2D eigenvalue weighted by Gasteiger charge is -2.19. The molecule has 2 unspecified atom stereocenters. The zero-order valence-electron chi connectivity index (χ0n) is 11.5. The summed E-state index contributed by atoms with van der Waals surface area (Å²) in [6, 6.07) is 11.6. The molecule has 0 aliphatic rings. The van der Waals surface area contributed by atoms with Gasteiger partial charge in [-0.25, -0.2) is 0 Å². The van der Waals surface area contributed by atoms with Crippen LogP contribution in [0.1, 0.15) is 24.2 Å². The summed E-state index contributed by atoms with van der Waals surface area (Å²) in [5.74, 6) is 0.193. The van der Waals surface area contributed by atoms with Crippen molar-refractivity contribution in [3.05, 3.63) is 47.5 Å². The fraction of sp³-hybridized carbons (Fsp3) is 0.312. The summed E-state index contributed by atoms with van der Waals surface area (Å²) in [6.07, 6.45) is -1.96. The third-order valence-corrected chi connectivity index (χ3v) is 4.23. The first-order chi connectivity index (χ1) is 9.50. The molecule has 0 amide bonds. The van der Waals surface area contributed by atoms with Gasteiger partial charge in [-0.1, -0.05) is 48.2 Å². The van der Waals surface area contributed by atoms with Crippen molar-refractivity contribution >= 4 is 27.6 Å². The number of carbonyl (C=O) groups excluding carboxylic acids is 1. The van der Waals surface area contributed by atoms with E-state index in [2.05, 4.69) is 0 Å².